The second kappa shape index (κ2) is 8.03. The van der Waals surface area contributed by atoms with E-state index < -0.39 is 0 Å². The van der Waals surface area contributed by atoms with E-state index in [2.05, 4.69) is 6.07 Å². The number of hydrogen-bond donors (Lipinski definition) is 0. The molecular weight excluding hydrogens is 475 g/mol. The number of fused-ring (bicyclic) bond motifs is 6. The number of nitriles is 1. The zero-order valence-electron chi connectivity index (χ0n) is 21.1. The summed E-state index contributed by atoms with van der Waals surface area (Å²) in [5.74, 6) is -0.266. The zero-order chi connectivity index (χ0) is 26.1. The van der Waals surface area contributed by atoms with Crippen molar-refractivity contribution in [2.24, 2.45) is 7.05 Å². The molecule has 0 radical (unpaired) electrons. The van der Waals surface area contributed by atoms with Gasteiger partial charge in [0.25, 0.3) is 0 Å². The van der Waals surface area contributed by atoms with E-state index in [9.17, 15) is 9.65 Å². The third-order valence-corrected chi connectivity index (χ3v) is 7.47. The van der Waals surface area contributed by atoms with Gasteiger partial charge in [-0.1, -0.05) is 36.4 Å². The Morgan fingerprint density at radius 1 is 0.737 bits per heavy atom. The maximum atomic E-state index is 14.7. The Kier molecular flexibility index (Phi) is 4.70. The Hall–Kier alpha value is -4.95. The minimum absolute atomic E-state index is 0.266. The molecule has 5 heteroatoms. The lowest BCUT2D eigenvalue weighted by Gasteiger charge is -2.06. The summed E-state index contributed by atoms with van der Waals surface area (Å²) >= 11 is 0. The molecule has 0 aliphatic rings. The molecule has 0 saturated carbocycles. The highest BCUT2D eigenvalue weighted by Gasteiger charge is 2.24. The number of pyridine rings is 1. The smallest absolute Gasteiger partial charge is 0.219 e. The standard InChI is InChI=1S/C33H22FN2O2/c1-18-8-11-24-25-13-10-21(16-35)31(20-9-12-23-22-6-4-5-7-28(22)37-29(23)14-20)33(25)38-32(24)30(18)27-15-26(34)19(2)17-36(27)3/h4-15,17H,1-3H3/q+1. The SMILES string of the molecule is Cc1c[n+](C)c(-c2c(C)ccc3c2oc2c(-c4ccc5c(c4)oc4ccccc45)c(C#N)ccc23)cc1F. The molecular formula is C33H22FN2O2+. The van der Waals surface area contributed by atoms with E-state index in [1.807, 2.05) is 85.3 Å². The van der Waals surface area contributed by atoms with E-state index in [0.29, 0.717) is 27.9 Å². The van der Waals surface area contributed by atoms with Gasteiger partial charge in [-0.2, -0.15) is 5.26 Å². The van der Waals surface area contributed by atoms with Crippen LogP contribution in [0.25, 0.3) is 66.3 Å². The first-order valence-electron chi connectivity index (χ1n) is 12.4. The highest BCUT2D eigenvalue weighted by molar-refractivity contribution is 6.14. The van der Waals surface area contributed by atoms with Gasteiger partial charge in [0, 0.05) is 38.7 Å². The van der Waals surface area contributed by atoms with Gasteiger partial charge in [0.05, 0.1) is 17.2 Å². The summed E-state index contributed by atoms with van der Waals surface area (Å²) in [4.78, 5) is 0. The van der Waals surface area contributed by atoms with Crippen LogP contribution >= 0.6 is 0 Å². The lowest BCUT2D eigenvalue weighted by Crippen LogP contribution is -2.31. The van der Waals surface area contributed by atoms with E-state index >= 15 is 0 Å². The van der Waals surface area contributed by atoms with E-state index in [-0.39, 0.29) is 5.82 Å². The average Bonchev–Trinajstić information content (AvgIpc) is 3.48. The first-order valence-corrected chi connectivity index (χ1v) is 12.4. The molecule has 0 N–H and O–H groups in total. The number of nitrogens with zero attached hydrogens (tertiary/aromatic N) is 2. The minimum atomic E-state index is -0.266. The number of hydrogen-bond acceptors (Lipinski definition) is 3. The molecule has 4 nitrogen and oxygen atoms in total. The van der Waals surface area contributed by atoms with Crippen LogP contribution in [0, 0.1) is 31.0 Å². The third-order valence-electron chi connectivity index (χ3n) is 7.47. The van der Waals surface area contributed by atoms with Crippen LogP contribution < -0.4 is 4.57 Å². The highest BCUT2D eigenvalue weighted by atomic mass is 19.1. The van der Waals surface area contributed by atoms with E-state index in [0.717, 1.165) is 55.1 Å². The second-order valence-corrected chi connectivity index (χ2v) is 9.82. The molecule has 0 atom stereocenters. The summed E-state index contributed by atoms with van der Waals surface area (Å²) < 4.78 is 29.4. The van der Waals surface area contributed by atoms with Gasteiger partial charge in [-0.25, -0.2) is 8.96 Å². The number of benzene rings is 4. The Morgan fingerprint density at radius 3 is 2.26 bits per heavy atom. The van der Waals surface area contributed by atoms with Gasteiger partial charge < -0.3 is 8.83 Å². The molecule has 182 valence electrons. The van der Waals surface area contributed by atoms with Crippen LogP contribution in [0.15, 0.2) is 87.8 Å². The van der Waals surface area contributed by atoms with Gasteiger partial charge in [-0.15, -0.1) is 0 Å². The number of aryl methyl sites for hydroxylation is 3. The van der Waals surface area contributed by atoms with E-state index in [1.54, 1.807) is 19.2 Å². The lowest BCUT2D eigenvalue weighted by molar-refractivity contribution is -0.661. The first-order chi connectivity index (χ1) is 18.4. The Morgan fingerprint density at radius 2 is 1.45 bits per heavy atom. The van der Waals surface area contributed by atoms with Gasteiger partial charge in [-0.05, 0) is 55.3 Å². The molecule has 0 unspecified atom stereocenters. The minimum Gasteiger partial charge on any atom is -0.456 e. The summed E-state index contributed by atoms with van der Waals surface area (Å²) in [7, 11) is 1.91. The number of rotatable bonds is 2. The second-order valence-electron chi connectivity index (χ2n) is 9.82. The molecule has 0 saturated heterocycles. The molecule has 7 rings (SSSR count). The topological polar surface area (TPSA) is 54.0 Å². The van der Waals surface area contributed by atoms with Crippen LogP contribution in [0.4, 0.5) is 4.39 Å². The van der Waals surface area contributed by atoms with Gasteiger partial charge >= 0.3 is 0 Å². The van der Waals surface area contributed by atoms with Crippen molar-refractivity contribution in [3.05, 3.63) is 102 Å². The van der Waals surface area contributed by atoms with Crippen LogP contribution in [0.5, 0.6) is 0 Å². The fourth-order valence-electron chi connectivity index (χ4n) is 5.59. The van der Waals surface area contributed by atoms with Gasteiger partial charge in [0.1, 0.15) is 35.2 Å². The molecule has 0 aliphatic carbocycles. The van der Waals surface area contributed by atoms with E-state index in [1.165, 1.54) is 0 Å². The maximum absolute atomic E-state index is 14.7. The average molecular weight is 498 g/mol. The van der Waals surface area contributed by atoms with Crippen molar-refractivity contribution in [3.63, 3.8) is 0 Å². The number of aromatic nitrogens is 1. The Bertz CT molecular complexity index is 2140. The molecule has 0 fully saturated rings. The van der Waals surface area contributed by atoms with Crippen molar-refractivity contribution in [2.45, 2.75) is 13.8 Å². The normalized spacial score (nSPS) is 11.7. The number of halogens is 1. The molecule has 0 aliphatic heterocycles. The van der Waals surface area contributed by atoms with Crippen LogP contribution in [-0.2, 0) is 7.05 Å². The number of furan rings is 2. The highest BCUT2D eigenvalue weighted by Crippen LogP contribution is 2.43. The van der Waals surface area contributed by atoms with Gasteiger partial charge in [0.2, 0.25) is 5.69 Å². The molecule has 0 spiro atoms. The van der Waals surface area contributed by atoms with Crippen molar-refractivity contribution in [3.8, 4) is 28.5 Å². The molecule has 38 heavy (non-hydrogen) atoms. The molecule has 0 bridgehead atoms. The molecule has 3 heterocycles. The quantitative estimate of drug-likeness (QED) is 0.226. The fraction of sp³-hybridized carbons (Fsp3) is 0.0909. The summed E-state index contributed by atoms with van der Waals surface area (Å²) in [6.45, 7) is 3.75. The molecule has 4 aromatic carbocycles. The summed E-state index contributed by atoms with van der Waals surface area (Å²) in [6, 6.07) is 25.7. The third kappa shape index (κ3) is 3.10. The fourth-order valence-corrected chi connectivity index (χ4v) is 5.59. The summed E-state index contributed by atoms with van der Waals surface area (Å²) in [5.41, 5.74) is 8.02. The van der Waals surface area contributed by atoms with Crippen LogP contribution in [-0.4, -0.2) is 0 Å². The van der Waals surface area contributed by atoms with Crippen molar-refractivity contribution >= 4 is 43.9 Å². The van der Waals surface area contributed by atoms with Crippen LogP contribution in [0.1, 0.15) is 16.7 Å². The van der Waals surface area contributed by atoms with E-state index in [4.69, 9.17) is 8.83 Å². The van der Waals surface area contributed by atoms with Crippen LogP contribution in [0.3, 0.4) is 0 Å². The molecule has 7 aromatic rings. The Labute approximate surface area is 217 Å². The van der Waals surface area contributed by atoms with Gasteiger partial charge in [-0.3, -0.25) is 0 Å². The Balaban J connectivity index is 1.55. The number of para-hydroxylation sites is 1. The monoisotopic (exact) mass is 497 g/mol. The predicted octanol–water partition coefficient (Wildman–Crippen LogP) is 8.27. The summed E-state index contributed by atoms with van der Waals surface area (Å²) in [6.07, 6.45) is 1.79. The maximum Gasteiger partial charge on any atom is 0.219 e. The van der Waals surface area contributed by atoms with Gasteiger partial charge in [0.15, 0.2) is 6.20 Å². The lowest BCUT2D eigenvalue weighted by atomic mass is 9.95. The van der Waals surface area contributed by atoms with Crippen molar-refractivity contribution in [1.82, 2.24) is 0 Å². The molecule has 0 amide bonds. The zero-order valence-corrected chi connectivity index (χ0v) is 21.1. The van der Waals surface area contributed by atoms with Crippen molar-refractivity contribution in [1.29, 1.82) is 5.26 Å². The molecule has 3 aromatic heterocycles. The summed E-state index contributed by atoms with van der Waals surface area (Å²) in [5, 5.41) is 13.9. The van der Waals surface area contributed by atoms with Crippen molar-refractivity contribution in [2.75, 3.05) is 0 Å². The predicted molar refractivity (Wildman–Crippen MR) is 147 cm³/mol. The first kappa shape index (κ1) is 22.3. The van der Waals surface area contributed by atoms with Crippen molar-refractivity contribution < 1.29 is 17.8 Å². The van der Waals surface area contributed by atoms with Crippen LogP contribution in [0.2, 0.25) is 0 Å². The largest absolute Gasteiger partial charge is 0.456 e.